The fourth-order valence-electron chi connectivity index (χ4n) is 3.46. The van der Waals surface area contributed by atoms with Crippen LogP contribution in [0.4, 0.5) is 10.1 Å². The Balaban J connectivity index is 1.68. The molecule has 0 fully saturated rings. The summed E-state index contributed by atoms with van der Waals surface area (Å²) in [6.07, 6.45) is 4.75. The number of nitrogens with zero attached hydrogens (tertiary/aromatic N) is 2. The number of rotatable bonds is 4. The maximum Gasteiger partial charge on any atom is 0.256 e. The summed E-state index contributed by atoms with van der Waals surface area (Å²) in [5.41, 5.74) is 3.23. The third-order valence-corrected chi connectivity index (χ3v) is 4.93. The summed E-state index contributed by atoms with van der Waals surface area (Å²) >= 11 is 0. The number of anilines is 1. The molecule has 0 aliphatic rings. The second-order valence-corrected chi connectivity index (χ2v) is 6.94. The van der Waals surface area contributed by atoms with Gasteiger partial charge in [-0.3, -0.25) is 9.78 Å². The van der Waals surface area contributed by atoms with E-state index in [1.54, 1.807) is 85.4 Å². The summed E-state index contributed by atoms with van der Waals surface area (Å²) in [4.78, 5) is 21.9. The lowest BCUT2D eigenvalue weighted by Gasteiger charge is -2.11. The van der Waals surface area contributed by atoms with E-state index in [1.807, 2.05) is 0 Å². The highest BCUT2D eigenvalue weighted by Crippen LogP contribution is 2.31. The number of carbonyl (C=O) groups is 1. The van der Waals surface area contributed by atoms with Gasteiger partial charge in [-0.2, -0.15) is 0 Å². The molecule has 0 atom stereocenters. The minimum Gasteiger partial charge on any atom is -0.463 e. The summed E-state index contributed by atoms with van der Waals surface area (Å²) in [7, 11) is 0. The van der Waals surface area contributed by atoms with Crippen LogP contribution < -0.4 is 5.32 Å². The van der Waals surface area contributed by atoms with Crippen LogP contribution in [0, 0.1) is 5.82 Å². The van der Waals surface area contributed by atoms with Crippen LogP contribution in [0.5, 0.6) is 0 Å². The number of halogens is 1. The second kappa shape index (κ2) is 7.84. The molecule has 5 aromatic rings. The highest BCUT2D eigenvalue weighted by atomic mass is 19.1. The van der Waals surface area contributed by atoms with Crippen molar-refractivity contribution in [3.63, 3.8) is 0 Å². The van der Waals surface area contributed by atoms with Crippen LogP contribution in [-0.4, -0.2) is 15.9 Å². The first kappa shape index (κ1) is 18.7. The average molecular weight is 409 g/mol. The first-order valence-electron chi connectivity index (χ1n) is 9.64. The lowest BCUT2D eigenvalue weighted by Crippen LogP contribution is -2.13. The molecule has 3 heterocycles. The van der Waals surface area contributed by atoms with E-state index in [2.05, 4.69) is 15.3 Å². The molecule has 31 heavy (non-hydrogen) atoms. The Bertz CT molecular complexity index is 1380. The largest absolute Gasteiger partial charge is 0.463 e. The quantitative estimate of drug-likeness (QED) is 0.398. The molecule has 150 valence electrons. The molecule has 5 nitrogen and oxygen atoms in total. The van der Waals surface area contributed by atoms with Gasteiger partial charge in [-0.25, -0.2) is 9.37 Å². The predicted molar refractivity (Wildman–Crippen MR) is 117 cm³/mol. The molecular formula is C25H16FN3O2. The van der Waals surface area contributed by atoms with Gasteiger partial charge in [0.2, 0.25) is 0 Å². The summed E-state index contributed by atoms with van der Waals surface area (Å²) in [5.74, 6) is -0.0993. The smallest absolute Gasteiger partial charge is 0.256 e. The lowest BCUT2D eigenvalue weighted by molar-refractivity contribution is 0.102. The monoisotopic (exact) mass is 409 g/mol. The predicted octanol–water partition coefficient (Wildman–Crippen LogP) is 5.95. The molecule has 6 heteroatoms. The van der Waals surface area contributed by atoms with Crippen LogP contribution in [0.1, 0.15) is 10.4 Å². The van der Waals surface area contributed by atoms with E-state index >= 15 is 0 Å². The zero-order chi connectivity index (χ0) is 21.2. The first-order valence-corrected chi connectivity index (χ1v) is 9.64. The highest BCUT2D eigenvalue weighted by Gasteiger charge is 2.17. The summed E-state index contributed by atoms with van der Waals surface area (Å²) in [6.45, 7) is 0. The van der Waals surface area contributed by atoms with Gasteiger partial charge in [0.1, 0.15) is 11.5 Å². The molecule has 0 aliphatic heterocycles. The van der Waals surface area contributed by atoms with E-state index < -0.39 is 0 Å². The fraction of sp³-hybridized carbons (Fsp3) is 0. The van der Waals surface area contributed by atoms with Crippen molar-refractivity contribution in [3.05, 3.63) is 103 Å². The Labute approximate surface area is 177 Å². The number of amides is 1. The van der Waals surface area contributed by atoms with Gasteiger partial charge >= 0.3 is 0 Å². The molecule has 0 saturated heterocycles. The van der Waals surface area contributed by atoms with Gasteiger partial charge in [-0.05, 0) is 54.1 Å². The van der Waals surface area contributed by atoms with Crippen LogP contribution in [0.3, 0.4) is 0 Å². The molecule has 1 amide bonds. The first-order chi connectivity index (χ1) is 15.2. The number of fused-ring (bicyclic) bond motifs is 1. The van der Waals surface area contributed by atoms with E-state index in [0.717, 1.165) is 0 Å². The van der Waals surface area contributed by atoms with Gasteiger partial charge in [-0.1, -0.05) is 24.3 Å². The van der Waals surface area contributed by atoms with Crippen molar-refractivity contribution in [1.82, 2.24) is 9.97 Å². The minimum absolute atomic E-state index is 0.320. The van der Waals surface area contributed by atoms with E-state index in [4.69, 9.17) is 4.42 Å². The molecule has 0 aliphatic carbocycles. The second-order valence-electron chi connectivity index (χ2n) is 6.94. The van der Waals surface area contributed by atoms with E-state index in [1.165, 1.54) is 6.07 Å². The number of hydrogen-bond acceptors (Lipinski definition) is 4. The topological polar surface area (TPSA) is 68.0 Å². The molecular weight excluding hydrogens is 393 g/mol. The molecule has 0 unspecified atom stereocenters. The van der Waals surface area contributed by atoms with Crippen molar-refractivity contribution < 1.29 is 13.6 Å². The van der Waals surface area contributed by atoms with Crippen molar-refractivity contribution in [2.45, 2.75) is 0 Å². The standard InChI is InChI=1S/C25H16FN3O2/c26-21-7-2-1-6-18(21)16-9-10-22-19(13-16)20(14-23(29-22)24-8-4-12-31-24)25(30)28-17-5-3-11-27-15-17/h1-15H,(H,28,30). The Morgan fingerprint density at radius 3 is 2.65 bits per heavy atom. The van der Waals surface area contributed by atoms with Gasteiger partial charge in [-0.15, -0.1) is 0 Å². The van der Waals surface area contributed by atoms with Crippen molar-refractivity contribution in [1.29, 1.82) is 0 Å². The zero-order valence-electron chi connectivity index (χ0n) is 16.2. The number of carbonyl (C=O) groups excluding carboxylic acids is 1. The number of aromatic nitrogens is 2. The molecule has 3 aromatic heterocycles. The summed E-state index contributed by atoms with van der Waals surface area (Å²) < 4.78 is 19.8. The van der Waals surface area contributed by atoms with Crippen LogP contribution >= 0.6 is 0 Å². The van der Waals surface area contributed by atoms with Crippen molar-refractivity contribution in [3.8, 4) is 22.6 Å². The maximum atomic E-state index is 14.4. The molecule has 0 spiro atoms. The van der Waals surface area contributed by atoms with Crippen LogP contribution in [0.15, 0.2) is 95.9 Å². The van der Waals surface area contributed by atoms with Crippen molar-refractivity contribution in [2.24, 2.45) is 0 Å². The van der Waals surface area contributed by atoms with Gasteiger partial charge in [0.05, 0.1) is 29.2 Å². The van der Waals surface area contributed by atoms with E-state index in [-0.39, 0.29) is 11.7 Å². The normalized spacial score (nSPS) is 10.9. The van der Waals surface area contributed by atoms with Gasteiger partial charge in [0, 0.05) is 17.1 Å². The number of furan rings is 1. The Hall–Kier alpha value is -4.32. The van der Waals surface area contributed by atoms with Gasteiger partial charge < -0.3 is 9.73 Å². The van der Waals surface area contributed by atoms with Crippen molar-refractivity contribution >= 4 is 22.5 Å². The fourth-order valence-corrected chi connectivity index (χ4v) is 3.46. The third kappa shape index (κ3) is 3.67. The number of hydrogen-bond donors (Lipinski definition) is 1. The SMILES string of the molecule is O=C(Nc1cccnc1)c1cc(-c2ccco2)nc2ccc(-c3ccccc3F)cc12. The average Bonchev–Trinajstić information content (AvgIpc) is 3.34. The minimum atomic E-state index is -0.330. The Morgan fingerprint density at radius 1 is 0.968 bits per heavy atom. The highest BCUT2D eigenvalue weighted by molar-refractivity contribution is 6.13. The Kier molecular flexibility index (Phi) is 4.72. The molecule has 1 N–H and O–H groups in total. The number of benzene rings is 2. The zero-order valence-corrected chi connectivity index (χ0v) is 16.2. The van der Waals surface area contributed by atoms with Crippen molar-refractivity contribution in [2.75, 3.05) is 5.32 Å². The third-order valence-electron chi connectivity index (χ3n) is 4.93. The molecule has 2 aromatic carbocycles. The van der Waals surface area contributed by atoms with Crippen LogP contribution in [0.25, 0.3) is 33.5 Å². The van der Waals surface area contributed by atoms with Crippen LogP contribution in [-0.2, 0) is 0 Å². The van der Waals surface area contributed by atoms with E-state index in [9.17, 15) is 9.18 Å². The molecule has 0 radical (unpaired) electrons. The summed E-state index contributed by atoms with van der Waals surface area (Å²) in [6, 6.07) is 20.6. The van der Waals surface area contributed by atoms with Crippen LogP contribution in [0.2, 0.25) is 0 Å². The van der Waals surface area contributed by atoms with E-state index in [0.29, 0.717) is 44.7 Å². The molecule has 5 rings (SSSR count). The number of pyridine rings is 2. The lowest BCUT2D eigenvalue weighted by atomic mass is 9.99. The molecule has 0 bridgehead atoms. The summed E-state index contributed by atoms with van der Waals surface area (Å²) in [5, 5.41) is 3.47. The maximum absolute atomic E-state index is 14.4. The molecule has 0 saturated carbocycles. The van der Waals surface area contributed by atoms with Gasteiger partial charge in [0.15, 0.2) is 5.76 Å². The number of nitrogens with one attached hydrogen (secondary N) is 1. The van der Waals surface area contributed by atoms with Gasteiger partial charge in [0.25, 0.3) is 5.91 Å². The Morgan fingerprint density at radius 2 is 1.87 bits per heavy atom.